The topological polar surface area (TPSA) is 92.7 Å². The van der Waals surface area contributed by atoms with E-state index in [4.69, 9.17) is 0 Å². The summed E-state index contributed by atoms with van der Waals surface area (Å²) in [7, 11) is 0. The number of carbonyl (C=O) groups is 1. The summed E-state index contributed by atoms with van der Waals surface area (Å²) in [5, 5.41) is 7.95. The Balaban J connectivity index is 1.67. The van der Waals surface area contributed by atoms with Crippen LogP contribution in [0.5, 0.6) is 0 Å². The van der Waals surface area contributed by atoms with E-state index >= 15 is 0 Å². The molecule has 2 N–H and O–H groups in total. The van der Waals surface area contributed by atoms with Gasteiger partial charge in [0.2, 0.25) is 5.91 Å². The fourth-order valence-corrected chi connectivity index (χ4v) is 3.37. The van der Waals surface area contributed by atoms with E-state index in [0.717, 1.165) is 11.3 Å². The number of hydrogen-bond donors (Lipinski definition) is 2. The molecule has 3 aromatic rings. The molecular formula is C20H23N5O2S. The van der Waals surface area contributed by atoms with Crippen molar-refractivity contribution in [2.45, 2.75) is 38.4 Å². The van der Waals surface area contributed by atoms with Gasteiger partial charge in [-0.1, -0.05) is 42.1 Å². The quantitative estimate of drug-likeness (QED) is 0.472. The van der Waals surface area contributed by atoms with Crippen molar-refractivity contribution in [1.82, 2.24) is 19.7 Å². The van der Waals surface area contributed by atoms with Crippen LogP contribution >= 0.6 is 11.8 Å². The molecule has 0 aliphatic heterocycles. The lowest BCUT2D eigenvalue weighted by Gasteiger charge is -2.10. The highest BCUT2D eigenvalue weighted by atomic mass is 32.2. The predicted molar refractivity (Wildman–Crippen MR) is 111 cm³/mol. The smallest absolute Gasteiger partial charge is 0.254 e. The van der Waals surface area contributed by atoms with Crippen molar-refractivity contribution in [3.8, 4) is 0 Å². The summed E-state index contributed by atoms with van der Waals surface area (Å²) in [4.78, 5) is 31.7. The van der Waals surface area contributed by atoms with Gasteiger partial charge >= 0.3 is 0 Å². The fraction of sp³-hybridized carbons (Fsp3) is 0.300. The fourth-order valence-electron chi connectivity index (χ4n) is 2.94. The van der Waals surface area contributed by atoms with E-state index in [0.29, 0.717) is 35.2 Å². The first-order valence-corrected chi connectivity index (χ1v) is 10.2. The molecule has 8 heteroatoms. The molecule has 0 spiro atoms. The van der Waals surface area contributed by atoms with Gasteiger partial charge in [-0.25, -0.2) is 9.67 Å². The highest BCUT2D eigenvalue weighted by molar-refractivity contribution is 7.98. The molecule has 3 rings (SSSR count). The molecule has 7 nitrogen and oxygen atoms in total. The molecule has 0 aliphatic carbocycles. The van der Waals surface area contributed by atoms with Crippen molar-refractivity contribution in [3.05, 3.63) is 69.3 Å². The van der Waals surface area contributed by atoms with Gasteiger partial charge in [-0.15, -0.1) is 0 Å². The van der Waals surface area contributed by atoms with Crippen LogP contribution in [0.1, 0.15) is 28.9 Å². The maximum atomic E-state index is 12.5. The van der Waals surface area contributed by atoms with Crippen molar-refractivity contribution in [3.63, 3.8) is 0 Å². The summed E-state index contributed by atoms with van der Waals surface area (Å²) < 4.78 is 1.77. The number of H-pyrrole nitrogens is 1. The molecule has 0 aliphatic rings. The minimum atomic E-state index is -0.186. The molecule has 0 unspecified atom stereocenters. The Morgan fingerprint density at radius 2 is 2.00 bits per heavy atom. The van der Waals surface area contributed by atoms with Crippen LogP contribution < -0.4 is 10.9 Å². The van der Waals surface area contributed by atoms with Crippen LogP contribution in [0.15, 0.2) is 46.3 Å². The van der Waals surface area contributed by atoms with E-state index in [9.17, 15) is 9.59 Å². The first-order chi connectivity index (χ1) is 13.5. The molecule has 1 amide bonds. The number of rotatable bonds is 7. The molecular weight excluding hydrogens is 374 g/mol. The number of hydrogen-bond acceptors (Lipinski definition) is 5. The third-order valence-corrected chi connectivity index (χ3v) is 4.92. The number of aromatic nitrogens is 4. The van der Waals surface area contributed by atoms with Crippen molar-refractivity contribution < 1.29 is 4.79 Å². The summed E-state index contributed by atoms with van der Waals surface area (Å²) in [5.41, 5.74) is 2.95. The number of carbonyl (C=O) groups excluding carboxylic acids is 1. The number of nitrogens with zero attached hydrogens (tertiary/aromatic N) is 3. The van der Waals surface area contributed by atoms with Crippen molar-refractivity contribution in [1.29, 1.82) is 0 Å². The third-order valence-electron chi connectivity index (χ3n) is 4.34. The van der Waals surface area contributed by atoms with Crippen molar-refractivity contribution in [2.75, 3.05) is 11.6 Å². The second-order valence-corrected chi connectivity index (χ2v) is 7.30. The summed E-state index contributed by atoms with van der Waals surface area (Å²) in [6, 6.07) is 11.8. The zero-order valence-corrected chi connectivity index (χ0v) is 17.0. The summed E-state index contributed by atoms with van der Waals surface area (Å²) in [6.45, 7) is 4.25. The molecule has 146 valence electrons. The van der Waals surface area contributed by atoms with E-state index in [1.807, 2.05) is 49.6 Å². The largest absolute Gasteiger partial charge is 0.311 e. The monoisotopic (exact) mass is 397 g/mol. The highest BCUT2D eigenvalue weighted by Crippen LogP contribution is 2.14. The number of aryl methyl sites for hydroxylation is 2. The van der Waals surface area contributed by atoms with Gasteiger partial charge in [0.1, 0.15) is 5.82 Å². The van der Waals surface area contributed by atoms with Crippen molar-refractivity contribution in [2.24, 2.45) is 0 Å². The zero-order valence-electron chi connectivity index (χ0n) is 16.2. The maximum absolute atomic E-state index is 12.5. The number of nitrogens with one attached hydrogen (secondary N) is 2. The molecule has 0 fully saturated rings. The van der Waals surface area contributed by atoms with E-state index in [-0.39, 0.29) is 17.9 Å². The standard InChI is InChI=1S/C20H23N5O2S/c1-13-11-17(25(24-13)12-15-7-5-4-6-8-15)22-18(26)10-9-16-14(2)21-20(28-3)23-19(16)27/h4-8,11H,9-10,12H2,1-3H3,(H,22,26)(H,21,23,27). The van der Waals surface area contributed by atoms with Gasteiger partial charge in [0, 0.05) is 23.7 Å². The van der Waals surface area contributed by atoms with Crippen LogP contribution in [0, 0.1) is 13.8 Å². The van der Waals surface area contributed by atoms with Gasteiger partial charge in [-0.3, -0.25) is 9.59 Å². The number of anilines is 1. The molecule has 0 atom stereocenters. The zero-order chi connectivity index (χ0) is 20.1. The van der Waals surface area contributed by atoms with E-state index in [1.54, 1.807) is 11.6 Å². The molecule has 2 heterocycles. The van der Waals surface area contributed by atoms with Crippen LogP contribution in [0.4, 0.5) is 5.82 Å². The Morgan fingerprint density at radius 3 is 2.68 bits per heavy atom. The minimum Gasteiger partial charge on any atom is -0.311 e. The number of benzene rings is 1. The lowest BCUT2D eigenvalue weighted by Crippen LogP contribution is -2.21. The molecule has 28 heavy (non-hydrogen) atoms. The highest BCUT2D eigenvalue weighted by Gasteiger charge is 2.13. The number of thioether (sulfide) groups is 1. The maximum Gasteiger partial charge on any atom is 0.254 e. The van der Waals surface area contributed by atoms with Crippen LogP contribution in [0.25, 0.3) is 0 Å². The SMILES string of the molecule is CSc1nc(C)c(CCC(=O)Nc2cc(C)nn2Cc2ccccc2)c(=O)[nH]1. The van der Waals surface area contributed by atoms with Crippen LogP contribution in [0.2, 0.25) is 0 Å². The molecule has 0 saturated carbocycles. The Labute approximate surface area is 167 Å². The molecule has 1 aromatic carbocycles. The Morgan fingerprint density at radius 1 is 1.25 bits per heavy atom. The van der Waals surface area contributed by atoms with Crippen LogP contribution in [-0.2, 0) is 17.8 Å². The normalized spacial score (nSPS) is 10.8. The van der Waals surface area contributed by atoms with Gasteiger partial charge in [0.05, 0.1) is 12.2 Å². The predicted octanol–water partition coefficient (Wildman–Crippen LogP) is 2.92. The molecule has 0 bridgehead atoms. The first-order valence-electron chi connectivity index (χ1n) is 8.98. The van der Waals surface area contributed by atoms with Gasteiger partial charge in [-0.2, -0.15) is 5.10 Å². The Kier molecular flexibility index (Phi) is 6.30. The van der Waals surface area contributed by atoms with Gasteiger partial charge in [0.15, 0.2) is 5.16 Å². The average Bonchev–Trinajstić information content (AvgIpc) is 3.00. The van der Waals surface area contributed by atoms with E-state index in [1.165, 1.54) is 11.8 Å². The van der Waals surface area contributed by atoms with Crippen LogP contribution in [0.3, 0.4) is 0 Å². The summed E-state index contributed by atoms with van der Waals surface area (Å²) in [6.07, 6.45) is 2.38. The first kappa shape index (κ1) is 19.9. The summed E-state index contributed by atoms with van der Waals surface area (Å²) >= 11 is 1.38. The van der Waals surface area contributed by atoms with Crippen molar-refractivity contribution >= 4 is 23.5 Å². The Hall–Kier alpha value is -2.87. The second kappa shape index (κ2) is 8.88. The van der Waals surface area contributed by atoms with Gasteiger partial charge < -0.3 is 10.3 Å². The molecule has 2 aromatic heterocycles. The molecule has 0 saturated heterocycles. The number of aromatic amines is 1. The minimum absolute atomic E-state index is 0.165. The van der Waals surface area contributed by atoms with E-state index < -0.39 is 0 Å². The number of amides is 1. The van der Waals surface area contributed by atoms with E-state index in [2.05, 4.69) is 20.4 Å². The average molecular weight is 398 g/mol. The molecule has 0 radical (unpaired) electrons. The second-order valence-electron chi connectivity index (χ2n) is 6.50. The summed E-state index contributed by atoms with van der Waals surface area (Å²) in [5.74, 6) is 0.481. The lowest BCUT2D eigenvalue weighted by molar-refractivity contribution is -0.116. The lowest BCUT2D eigenvalue weighted by atomic mass is 10.1. The Bertz CT molecular complexity index is 1030. The van der Waals surface area contributed by atoms with Crippen LogP contribution in [-0.4, -0.2) is 31.9 Å². The van der Waals surface area contributed by atoms with Gasteiger partial charge in [-0.05, 0) is 32.1 Å². The van der Waals surface area contributed by atoms with Gasteiger partial charge in [0.25, 0.3) is 5.56 Å². The third kappa shape index (κ3) is 4.89.